The van der Waals surface area contributed by atoms with Gasteiger partial charge >= 0.3 is 24.3 Å². The summed E-state index contributed by atoms with van der Waals surface area (Å²) in [6.45, 7) is 1.80. The molecule has 4 N–H and O–H groups in total. The molecule has 1 aromatic rings. The van der Waals surface area contributed by atoms with Crippen LogP contribution in [0, 0.1) is 6.92 Å². The van der Waals surface area contributed by atoms with Gasteiger partial charge in [-0.25, -0.2) is 9.59 Å². The molecule has 0 fully saturated rings. The molecule has 13 heteroatoms. The number of rotatable bonds is 1. The highest BCUT2D eigenvalue weighted by molar-refractivity contribution is 5.92. The maximum Gasteiger partial charge on any atom is 0.490 e. The summed E-state index contributed by atoms with van der Waals surface area (Å²) in [5.74, 6) is -5.99. The number of hydrogen-bond donors (Lipinski definition) is 3. The summed E-state index contributed by atoms with van der Waals surface area (Å²) < 4.78 is 63.5. The Morgan fingerprint density at radius 3 is 1.50 bits per heavy atom. The second-order valence-corrected chi connectivity index (χ2v) is 3.64. The molecule has 0 saturated heterocycles. The van der Waals surface area contributed by atoms with Crippen LogP contribution < -0.4 is 5.73 Å². The quantitative estimate of drug-likeness (QED) is 0.651. The first kappa shape index (κ1) is 23.4. The van der Waals surface area contributed by atoms with Crippen molar-refractivity contribution in [3.8, 4) is 0 Å². The number of nitrogens with zero attached hydrogens (tertiary/aromatic N) is 1. The molecule has 24 heavy (non-hydrogen) atoms. The number of halogens is 6. The van der Waals surface area contributed by atoms with Crippen molar-refractivity contribution in [2.75, 3.05) is 0 Å². The number of hydrogen-bond acceptors (Lipinski definition) is 4. The smallest absolute Gasteiger partial charge is 0.475 e. The Balaban J connectivity index is 0. The molecule has 0 atom stereocenters. The monoisotopic (exact) mass is 364 g/mol. The van der Waals surface area contributed by atoms with Crippen molar-refractivity contribution >= 4 is 17.8 Å². The Morgan fingerprint density at radius 1 is 1.00 bits per heavy atom. The molecule has 0 bridgehead atoms. The summed E-state index contributed by atoms with van der Waals surface area (Å²) in [5.41, 5.74) is 6.18. The van der Waals surface area contributed by atoms with E-state index in [-0.39, 0.29) is 0 Å². The fraction of sp³-hybridized carbons (Fsp3) is 0.273. The number of pyridine rings is 1. The van der Waals surface area contributed by atoms with Gasteiger partial charge in [0.05, 0.1) is 0 Å². The van der Waals surface area contributed by atoms with Gasteiger partial charge in [-0.15, -0.1) is 0 Å². The summed E-state index contributed by atoms with van der Waals surface area (Å²) >= 11 is 0. The first-order valence-electron chi connectivity index (χ1n) is 5.42. The van der Waals surface area contributed by atoms with Crippen molar-refractivity contribution in [3.63, 3.8) is 0 Å². The van der Waals surface area contributed by atoms with Crippen LogP contribution >= 0.6 is 0 Å². The molecular weight excluding hydrogens is 354 g/mol. The SMILES string of the molecule is Cc1cccnc1C(N)=O.O=C(O)C(F)(F)F.O=C(O)C(F)(F)F. The van der Waals surface area contributed by atoms with E-state index in [9.17, 15) is 31.1 Å². The minimum absolute atomic E-state index is 0.350. The van der Waals surface area contributed by atoms with Gasteiger partial charge in [-0.1, -0.05) is 6.07 Å². The average molecular weight is 364 g/mol. The molecule has 136 valence electrons. The number of carboxylic acid groups (broad SMARTS) is 2. The number of carboxylic acids is 2. The average Bonchev–Trinajstić information content (AvgIpc) is 2.38. The summed E-state index contributed by atoms with van der Waals surface area (Å²) in [5, 5.41) is 14.2. The lowest BCUT2D eigenvalue weighted by molar-refractivity contribution is -0.193. The number of aryl methyl sites for hydroxylation is 1. The number of carbonyl (C=O) groups is 3. The maximum atomic E-state index is 10.6. The number of aliphatic carboxylic acids is 2. The zero-order valence-corrected chi connectivity index (χ0v) is 11.6. The molecule has 1 rings (SSSR count). The molecule has 0 spiro atoms. The number of alkyl halides is 6. The maximum absolute atomic E-state index is 10.6. The minimum Gasteiger partial charge on any atom is -0.475 e. The molecule has 0 aliphatic heterocycles. The lowest BCUT2D eigenvalue weighted by Gasteiger charge is -1.96. The van der Waals surface area contributed by atoms with Crippen molar-refractivity contribution < 1.29 is 50.9 Å². The summed E-state index contributed by atoms with van der Waals surface area (Å²) in [7, 11) is 0. The van der Waals surface area contributed by atoms with Crippen LogP contribution in [0.5, 0.6) is 0 Å². The van der Waals surface area contributed by atoms with E-state index in [4.69, 9.17) is 25.5 Å². The van der Waals surface area contributed by atoms with E-state index in [1.165, 1.54) is 0 Å². The third-order valence-corrected chi connectivity index (χ3v) is 1.73. The van der Waals surface area contributed by atoms with Gasteiger partial charge in [0.25, 0.3) is 5.91 Å². The van der Waals surface area contributed by atoms with Gasteiger partial charge in [0.2, 0.25) is 0 Å². The van der Waals surface area contributed by atoms with Crippen molar-refractivity contribution in [3.05, 3.63) is 29.6 Å². The first-order chi connectivity index (χ1) is 10.6. The van der Waals surface area contributed by atoms with Crippen LogP contribution in [0.2, 0.25) is 0 Å². The molecule has 0 aromatic carbocycles. The number of carbonyl (C=O) groups excluding carboxylic acids is 1. The summed E-state index contributed by atoms with van der Waals surface area (Å²) in [6, 6.07) is 3.56. The Kier molecular flexibility index (Phi) is 9.09. The molecular formula is C11H10F6N2O5. The molecule has 0 radical (unpaired) electrons. The van der Waals surface area contributed by atoms with E-state index in [0.29, 0.717) is 5.69 Å². The van der Waals surface area contributed by atoms with Crippen LogP contribution in [0.15, 0.2) is 18.3 Å². The van der Waals surface area contributed by atoms with Crippen molar-refractivity contribution in [2.24, 2.45) is 5.73 Å². The largest absolute Gasteiger partial charge is 0.490 e. The molecule has 0 aliphatic carbocycles. The highest BCUT2D eigenvalue weighted by Gasteiger charge is 2.38. The third-order valence-electron chi connectivity index (χ3n) is 1.73. The van der Waals surface area contributed by atoms with Crippen molar-refractivity contribution in [2.45, 2.75) is 19.3 Å². The van der Waals surface area contributed by atoms with E-state index >= 15 is 0 Å². The van der Waals surface area contributed by atoms with E-state index < -0.39 is 30.2 Å². The van der Waals surface area contributed by atoms with Crippen LogP contribution in [0.25, 0.3) is 0 Å². The van der Waals surface area contributed by atoms with Crippen molar-refractivity contribution in [1.82, 2.24) is 4.98 Å². The van der Waals surface area contributed by atoms with Crippen molar-refractivity contribution in [1.29, 1.82) is 0 Å². The Morgan fingerprint density at radius 2 is 1.33 bits per heavy atom. The van der Waals surface area contributed by atoms with E-state index in [2.05, 4.69) is 4.98 Å². The number of amides is 1. The minimum atomic E-state index is -5.08. The Hall–Kier alpha value is -2.86. The van der Waals surface area contributed by atoms with Crippen LogP contribution in [-0.2, 0) is 9.59 Å². The van der Waals surface area contributed by atoms with E-state index in [1.54, 1.807) is 25.3 Å². The van der Waals surface area contributed by atoms with Gasteiger partial charge < -0.3 is 15.9 Å². The van der Waals surface area contributed by atoms with Crippen LogP contribution in [0.4, 0.5) is 26.3 Å². The standard InChI is InChI=1S/C7H8N2O.2C2HF3O2/c1-5-3-2-4-9-6(5)7(8)10;2*3-2(4,5)1(6)7/h2-4H,1H3,(H2,8,10);2*(H,6,7). The van der Waals surface area contributed by atoms with Gasteiger partial charge in [-0.2, -0.15) is 26.3 Å². The molecule has 0 unspecified atom stereocenters. The van der Waals surface area contributed by atoms with Crippen LogP contribution in [0.1, 0.15) is 16.1 Å². The third kappa shape index (κ3) is 10.8. The lowest BCUT2D eigenvalue weighted by atomic mass is 10.2. The fourth-order valence-electron chi connectivity index (χ4n) is 0.744. The van der Waals surface area contributed by atoms with Crippen LogP contribution in [0.3, 0.4) is 0 Å². The van der Waals surface area contributed by atoms with Gasteiger partial charge in [-0.05, 0) is 18.6 Å². The topological polar surface area (TPSA) is 131 Å². The molecule has 1 aromatic heterocycles. The second kappa shape index (κ2) is 9.32. The number of nitrogens with two attached hydrogens (primary N) is 1. The highest BCUT2D eigenvalue weighted by Crippen LogP contribution is 2.13. The van der Waals surface area contributed by atoms with E-state index in [1.807, 2.05) is 0 Å². The van der Waals surface area contributed by atoms with Gasteiger partial charge in [0.1, 0.15) is 5.69 Å². The highest BCUT2D eigenvalue weighted by atomic mass is 19.4. The fourth-order valence-corrected chi connectivity index (χ4v) is 0.744. The first-order valence-corrected chi connectivity index (χ1v) is 5.42. The zero-order valence-electron chi connectivity index (χ0n) is 11.6. The molecule has 1 heterocycles. The number of aromatic nitrogens is 1. The molecule has 0 aliphatic rings. The molecule has 0 saturated carbocycles. The normalized spacial score (nSPS) is 10.5. The Labute approximate surface area is 129 Å². The van der Waals surface area contributed by atoms with Gasteiger partial charge in [0.15, 0.2) is 0 Å². The molecule has 1 amide bonds. The summed E-state index contributed by atoms with van der Waals surface area (Å²) in [6.07, 6.45) is -8.62. The summed E-state index contributed by atoms with van der Waals surface area (Å²) in [4.78, 5) is 32.2. The van der Waals surface area contributed by atoms with Crippen LogP contribution in [-0.4, -0.2) is 45.4 Å². The predicted octanol–water partition coefficient (Wildman–Crippen LogP) is 1.76. The number of primary amides is 1. The molecule has 7 nitrogen and oxygen atoms in total. The Bertz CT molecular complexity index is 561. The van der Waals surface area contributed by atoms with Gasteiger partial charge in [0, 0.05) is 6.20 Å². The van der Waals surface area contributed by atoms with E-state index in [0.717, 1.165) is 5.56 Å². The zero-order chi connectivity index (χ0) is 19.7. The second-order valence-electron chi connectivity index (χ2n) is 3.64. The lowest BCUT2D eigenvalue weighted by Crippen LogP contribution is -2.21. The van der Waals surface area contributed by atoms with Gasteiger partial charge in [-0.3, -0.25) is 9.78 Å². The predicted molar refractivity (Wildman–Crippen MR) is 64.9 cm³/mol.